The lowest BCUT2D eigenvalue weighted by Gasteiger charge is -2.19. The van der Waals surface area contributed by atoms with Gasteiger partial charge in [0.1, 0.15) is 11.8 Å². The molecule has 5 nitrogen and oxygen atoms in total. The van der Waals surface area contributed by atoms with E-state index in [9.17, 15) is 4.79 Å². The molecule has 0 fully saturated rings. The molecule has 1 aliphatic heterocycles. The molecule has 1 heterocycles. The number of hydrogen-bond donors (Lipinski definition) is 1. The standard InChI is InChI=1S/C15H14N2O3/c1-3-19-15(18)12(8-16)13-6-9(2)11-5-4-10(17)7-14(11)20-13/h4-7H,3,17H2,1-2H3. The van der Waals surface area contributed by atoms with Crippen LogP contribution in [-0.4, -0.2) is 12.6 Å². The Kier molecular flexibility index (Phi) is 3.76. The first kappa shape index (κ1) is 13.7. The number of fused-ring (bicyclic) bond motifs is 1. The number of rotatable bonds is 2. The summed E-state index contributed by atoms with van der Waals surface area (Å²) >= 11 is 0. The molecule has 0 saturated heterocycles. The second-order valence-electron chi connectivity index (χ2n) is 4.26. The molecule has 102 valence electrons. The molecule has 0 unspecified atom stereocenters. The number of hydrogen-bond acceptors (Lipinski definition) is 5. The van der Waals surface area contributed by atoms with E-state index >= 15 is 0 Å². The summed E-state index contributed by atoms with van der Waals surface area (Å²) < 4.78 is 10.4. The highest BCUT2D eigenvalue weighted by Gasteiger charge is 2.22. The monoisotopic (exact) mass is 270 g/mol. The molecule has 0 spiro atoms. The van der Waals surface area contributed by atoms with E-state index in [1.807, 2.05) is 19.1 Å². The van der Waals surface area contributed by atoms with Crippen LogP contribution in [0.3, 0.4) is 0 Å². The van der Waals surface area contributed by atoms with Gasteiger partial charge in [-0.05, 0) is 37.6 Å². The van der Waals surface area contributed by atoms with Gasteiger partial charge in [0.05, 0.1) is 6.61 Å². The van der Waals surface area contributed by atoms with Crippen molar-refractivity contribution >= 4 is 17.2 Å². The zero-order chi connectivity index (χ0) is 14.7. The fourth-order valence-electron chi connectivity index (χ4n) is 1.90. The molecule has 1 aromatic rings. The fraction of sp³-hybridized carbons (Fsp3) is 0.200. The molecule has 1 aromatic carbocycles. The summed E-state index contributed by atoms with van der Waals surface area (Å²) in [6.45, 7) is 3.75. The van der Waals surface area contributed by atoms with E-state index in [1.165, 1.54) is 0 Å². The minimum atomic E-state index is -0.693. The van der Waals surface area contributed by atoms with Gasteiger partial charge in [-0.25, -0.2) is 4.79 Å². The van der Waals surface area contributed by atoms with Crippen LogP contribution in [0.4, 0.5) is 5.69 Å². The Morgan fingerprint density at radius 2 is 2.25 bits per heavy atom. The minimum Gasteiger partial charge on any atom is -0.462 e. The molecule has 20 heavy (non-hydrogen) atoms. The van der Waals surface area contributed by atoms with Crippen LogP contribution in [0.15, 0.2) is 35.6 Å². The van der Waals surface area contributed by atoms with Gasteiger partial charge in [0.2, 0.25) is 0 Å². The van der Waals surface area contributed by atoms with Crippen LogP contribution in [0.1, 0.15) is 19.4 Å². The van der Waals surface area contributed by atoms with Crippen molar-refractivity contribution in [3.05, 3.63) is 41.2 Å². The molecule has 0 atom stereocenters. The van der Waals surface area contributed by atoms with E-state index in [0.29, 0.717) is 11.4 Å². The number of anilines is 1. The van der Waals surface area contributed by atoms with E-state index in [1.54, 1.807) is 25.1 Å². The van der Waals surface area contributed by atoms with Crippen molar-refractivity contribution < 1.29 is 14.3 Å². The first-order valence-electron chi connectivity index (χ1n) is 6.14. The summed E-state index contributed by atoms with van der Waals surface area (Å²) in [5.41, 5.74) is 7.88. The maximum Gasteiger partial charge on any atom is 0.352 e. The van der Waals surface area contributed by atoms with Gasteiger partial charge in [-0.1, -0.05) is 0 Å². The molecule has 0 amide bonds. The van der Waals surface area contributed by atoms with Crippen molar-refractivity contribution in [3.8, 4) is 11.8 Å². The summed E-state index contributed by atoms with van der Waals surface area (Å²) in [6, 6.07) is 7.09. The normalized spacial score (nSPS) is 15.3. The van der Waals surface area contributed by atoms with E-state index < -0.39 is 5.97 Å². The molecular weight excluding hydrogens is 256 g/mol. The number of ether oxygens (including phenoxy) is 2. The van der Waals surface area contributed by atoms with E-state index in [2.05, 4.69) is 0 Å². The number of nitrogen functional groups attached to an aromatic ring is 1. The van der Waals surface area contributed by atoms with E-state index in [0.717, 1.165) is 11.1 Å². The number of esters is 1. The minimum absolute atomic E-state index is 0.153. The van der Waals surface area contributed by atoms with Crippen LogP contribution >= 0.6 is 0 Å². The van der Waals surface area contributed by atoms with Crippen LogP contribution < -0.4 is 10.5 Å². The Hall–Kier alpha value is -2.74. The number of carbonyl (C=O) groups is 1. The second kappa shape index (κ2) is 5.49. The summed E-state index contributed by atoms with van der Waals surface area (Å²) in [5.74, 6) is 0.0139. The van der Waals surface area contributed by atoms with Crippen LogP contribution in [0, 0.1) is 11.3 Å². The van der Waals surface area contributed by atoms with Crippen LogP contribution in [0.5, 0.6) is 5.75 Å². The van der Waals surface area contributed by atoms with Gasteiger partial charge in [-0.3, -0.25) is 0 Å². The number of carbonyl (C=O) groups excluding carboxylic acids is 1. The highest BCUT2D eigenvalue weighted by molar-refractivity contribution is 5.95. The van der Waals surface area contributed by atoms with Crippen molar-refractivity contribution in [1.82, 2.24) is 0 Å². The Bertz CT molecular complexity index is 666. The molecule has 5 heteroatoms. The summed E-state index contributed by atoms with van der Waals surface area (Å²) in [4.78, 5) is 11.7. The van der Waals surface area contributed by atoms with Crippen LogP contribution in [0.25, 0.3) is 5.57 Å². The summed E-state index contributed by atoms with van der Waals surface area (Å²) in [7, 11) is 0. The van der Waals surface area contributed by atoms with Crippen molar-refractivity contribution in [3.63, 3.8) is 0 Å². The van der Waals surface area contributed by atoms with E-state index in [4.69, 9.17) is 20.5 Å². The van der Waals surface area contributed by atoms with Crippen molar-refractivity contribution in [2.75, 3.05) is 12.3 Å². The predicted octanol–water partition coefficient (Wildman–Crippen LogP) is 2.41. The number of benzene rings is 1. The van der Waals surface area contributed by atoms with Crippen molar-refractivity contribution in [1.29, 1.82) is 5.26 Å². The molecule has 0 aliphatic carbocycles. The third kappa shape index (κ3) is 2.50. The quantitative estimate of drug-likeness (QED) is 0.386. The Labute approximate surface area is 116 Å². The molecule has 1 aliphatic rings. The predicted molar refractivity (Wildman–Crippen MR) is 74.4 cm³/mol. The molecule has 2 N–H and O–H groups in total. The molecule has 0 saturated carbocycles. The van der Waals surface area contributed by atoms with Crippen LogP contribution in [0.2, 0.25) is 0 Å². The summed E-state index contributed by atoms with van der Waals surface area (Å²) in [6.07, 6.45) is 1.65. The Morgan fingerprint density at radius 1 is 1.50 bits per heavy atom. The number of allylic oxidation sites excluding steroid dienone is 2. The lowest BCUT2D eigenvalue weighted by Crippen LogP contribution is -2.13. The first-order chi connectivity index (χ1) is 9.56. The van der Waals surface area contributed by atoms with Crippen LogP contribution in [-0.2, 0) is 9.53 Å². The molecule has 2 rings (SSSR count). The molecule has 0 radical (unpaired) electrons. The third-order valence-electron chi connectivity index (χ3n) is 2.84. The largest absolute Gasteiger partial charge is 0.462 e. The summed E-state index contributed by atoms with van der Waals surface area (Å²) in [5, 5.41) is 9.12. The maximum absolute atomic E-state index is 11.7. The van der Waals surface area contributed by atoms with Crippen molar-refractivity contribution in [2.45, 2.75) is 13.8 Å². The number of nitrogens with two attached hydrogens (primary N) is 1. The van der Waals surface area contributed by atoms with Gasteiger partial charge in [-0.2, -0.15) is 5.26 Å². The topological polar surface area (TPSA) is 85.3 Å². The second-order valence-corrected chi connectivity index (χ2v) is 4.26. The molecular formula is C15H14N2O3. The van der Waals surface area contributed by atoms with Gasteiger partial charge in [-0.15, -0.1) is 0 Å². The zero-order valence-corrected chi connectivity index (χ0v) is 11.3. The highest BCUT2D eigenvalue weighted by atomic mass is 16.5. The maximum atomic E-state index is 11.7. The Balaban J connectivity index is 2.50. The molecule has 0 aromatic heterocycles. The zero-order valence-electron chi connectivity index (χ0n) is 11.3. The first-order valence-corrected chi connectivity index (χ1v) is 6.14. The van der Waals surface area contributed by atoms with Gasteiger partial charge >= 0.3 is 5.97 Å². The highest BCUT2D eigenvalue weighted by Crippen LogP contribution is 2.35. The lowest BCUT2D eigenvalue weighted by molar-refractivity contribution is -0.138. The van der Waals surface area contributed by atoms with Gasteiger partial charge < -0.3 is 15.2 Å². The SMILES string of the molecule is CCOC(=O)C(C#N)=C1C=C(C)c2ccc(N)cc2O1. The third-order valence-corrected chi connectivity index (χ3v) is 2.84. The molecule has 0 bridgehead atoms. The average Bonchev–Trinajstić information content (AvgIpc) is 2.39. The van der Waals surface area contributed by atoms with E-state index in [-0.39, 0.29) is 17.9 Å². The lowest BCUT2D eigenvalue weighted by atomic mass is 10.0. The smallest absolute Gasteiger partial charge is 0.352 e. The average molecular weight is 270 g/mol. The van der Waals surface area contributed by atoms with Gasteiger partial charge in [0, 0.05) is 17.3 Å². The van der Waals surface area contributed by atoms with Gasteiger partial charge in [0.25, 0.3) is 0 Å². The fourth-order valence-corrected chi connectivity index (χ4v) is 1.90. The number of nitrogens with zero attached hydrogens (tertiary/aromatic N) is 1. The van der Waals surface area contributed by atoms with Gasteiger partial charge in [0.15, 0.2) is 11.3 Å². The van der Waals surface area contributed by atoms with Crippen molar-refractivity contribution in [2.24, 2.45) is 0 Å². The number of nitriles is 1. The Morgan fingerprint density at radius 3 is 2.90 bits per heavy atom.